The lowest BCUT2D eigenvalue weighted by Crippen LogP contribution is -2.50. The van der Waals surface area contributed by atoms with Crippen LogP contribution in [0, 0.1) is 6.92 Å². The van der Waals surface area contributed by atoms with Crippen molar-refractivity contribution in [1.29, 1.82) is 0 Å². The van der Waals surface area contributed by atoms with E-state index in [0.717, 1.165) is 38.3 Å². The second-order valence-electron chi connectivity index (χ2n) is 7.78. The number of rotatable bonds is 8. The van der Waals surface area contributed by atoms with Crippen LogP contribution in [0.25, 0.3) is 0 Å². The fourth-order valence-electron chi connectivity index (χ4n) is 3.66. The first kappa shape index (κ1) is 22.2. The molecule has 1 heterocycles. The lowest BCUT2D eigenvalue weighted by molar-refractivity contribution is -0.134. The van der Waals surface area contributed by atoms with Crippen LogP contribution in [-0.2, 0) is 17.9 Å². The second kappa shape index (κ2) is 10.5. The molecule has 5 nitrogen and oxygen atoms in total. The van der Waals surface area contributed by atoms with E-state index in [1.807, 2.05) is 16.8 Å². The van der Waals surface area contributed by atoms with Crippen molar-refractivity contribution in [2.75, 3.05) is 39.8 Å². The van der Waals surface area contributed by atoms with Crippen LogP contribution in [0.2, 0.25) is 0 Å². The summed E-state index contributed by atoms with van der Waals surface area (Å²) in [5.41, 5.74) is 3.57. The second-order valence-corrected chi connectivity index (χ2v) is 7.78. The molecular formula is C23H29F2N3O2. The molecule has 3 rings (SSSR count). The molecule has 0 atom stereocenters. The summed E-state index contributed by atoms with van der Waals surface area (Å²) in [5, 5.41) is 0. The Bertz CT molecular complexity index is 821. The highest BCUT2D eigenvalue weighted by atomic mass is 19.3. The SMILES string of the molecule is Cc1ccccc1CN1CCN(C(=O)CN(C)Cc2ccc(OC(F)F)cc2)CC1. The van der Waals surface area contributed by atoms with Crippen molar-refractivity contribution in [1.82, 2.24) is 14.7 Å². The number of hydrogen-bond donors (Lipinski definition) is 0. The number of carbonyl (C=O) groups is 1. The summed E-state index contributed by atoms with van der Waals surface area (Å²) in [6.07, 6.45) is 0. The smallest absolute Gasteiger partial charge is 0.387 e. The van der Waals surface area contributed by atoms with Gasteiger partial charge in [0.25, 0.3) is 0 Å². The van der Waals surface area contributed by atoms with Gasteiger partial charge in [0.05, 0.1) is 6.54 Å². The number of aryl methyl sites for hydroxylation is 1. The normalized spacial score (nSPS) is 15.1. The molecule has 0 aliphatic carbocycles. The zero-order valence-corrected chi connectivity index (χ0v) is 17.6. The third-order valence-electron chi connectivity index (χ3n) is 5.39. The summed E-state index contributed by atoms with van der Waals surface area (Å²) < 4.78 is 28.8. The lowest BCUT2D eigenvalue weighted by Gasteiger charge is -2.35. The predicted octanol–water partition coefficient (Wildman–Crippen LogP) is 3.37. The summed E-state index contributed by atoms with van der Waals surface area (Å²) in [6, 6.07) is 14.9. The molecule has 1 aliphatic rings. The topological polar surface area (TPSA) is 36.0 Å². The monoisotopic (exact) mass is 417 g/mol. The minimum Gasteiger partial charge on any atom is -0.435 e. The molecule has 30 heavy (non-hydrogen) atoms. The first-order valence-electron chi connectivity index (χ1n) is 10.2. The van der Waals surface area contributed by atoms with E-state index in [9.17, 15) is 13.6 Å². The molecule has 0 spiro atoms. The molecule has 1 fully saturated rings. The van der Waals surface area contributed by atoms with Crippen LogP contribution in [0.1, 0.15) is 16.7 Å². The molecule has 1 saturated heterocycles. The van der Waals surface area contributed by atoms with Gasteiger partial charge in [-0.15, -0.1) is 0 Å². The molecule has 2 aromatic carbocycles. The van der Waals surface area contributed by atoms with Crippen LogP contribution < -0.4 is 4.74 Å². The molecule has 0 aromatic heterocycles. The summed E-state index contributed by atoms with van der Waals surface area (Å²) >= 11 is 0. The van der Waals surface area contributed by atoms with Crippen LogP contribution >= 0.6 is 0 Å². The number of nitrogens with zero attached hydrogens (tertiary/aromatic N) is 3. The van der Waals surface area contributed by atoms with Crippen LogP contribution in [-0.4, -0.2) is 67.0 Å². The number of alkyl halides is 2. The van der Waals surface area contributed by atoms with E-state index in [0.29, 0.717) is 13.1 Å². The van der Waals surface area contributed by atoms with Crippen LogP contribution in [0.3, 0.4) is 0 Å². The van der Waals surface area contributed by atoms with Gasteiger partial charge in [-0.2, -0.15) is 8.78 Å². The molecule has 0 radical (unpaired) electrons. The van der Waals surface area contributed by atoms with E-state index >= 15 is 0 Å². The number of halogens is 2. The number of amides is 1. The van der Waals surface area contributed by atoms with Gasteiger partial charge in [0.2, 0.25) is 5.91 Å². The molecule has 1 aliphatic heterocycles. The maximum absolute atomic E-state index is 12.7. The van der Waals surface area contributed by atoms with Crippen molar-refractivity contribution in [2.45, 2.75) is 26.6 Å². The molecular weight excluding hydrogens is 388 g/mol. The van der Waals surface area contributed by atoms with Gasteiger partial charge in [-0.3, -0.25) is 14.6 Å². The van der Waals surface area contributed by atoms with Gasteiger partial charge < -0.3 is 9.64 Å². The van der Waals surface area contributed by atoms with Crippen LogP contribution in [0.5, 0.6) is 5.75 Å². The summed E-state index contributed by atoms with van der Waals surface area (Å²) in [7, 11) is 1.88. The average Bonchev–Trinajstić information content (AvgIpc) is 2.71. The fourth-order valence-corrected chi connectivity index (χ4v) is 3.66. The minimum absolute atomic E-state index is 0.116. The van der Waals surface area contributed by atoms with Crippen molar-refractivity contribution in [2.24, 2.45) is 0 Å². The highest BCUT2D eigenvalue weighted by molar-refractivity contribution is 5.78. The molecule has 0 unspecified atom stereocenters. The standard InChI is InChI=1S/C23H29F2N3O2/c1-18-5-3-4-6-20(18)16-27-11-13-28(14-12-27)22(29)17-26(2)15-19-7-9-21(10-8-19)30-23(24)25/h3-10,23H,11-17H2,1-2H3. The highest BCUT2D eigenvalue weighted by Crippen LogP contribution is 2.16. The number of carbonyl (C=O) groups excluding carboxylic acids is 1. The minimum atomic E-state index is -2.83. The average molecular weight is 418 g/mol. The van der Waals surface area contributed by atoms with E-state index in [-0.39, 0.29) is 11.7 Å². The zero-order chi connectivity index (χ0) is 21.5. The van der Waals surface area contributed by atoms with E-state index < -0.39 is 6.61 Å². The van der Waals surface area contributed by atoms with E-state index in [4.69, 9.17) is 0 Å². The van der Waals surface area contributed by atoms with Gasteiger partial charge in [-0.05, 0) is 42.8 Å². The molecule has 2 aromatic rings. The first-order chi connectivity index (χ1) is 14.4. The van der Waals surface area contributed by atoms with Gasteiger partial charge in [-0.1, -0.05) is 36.4 Å². The van der Waals surface area contributed by atoms with Crippen LogP contribution in [0.15, 0.2) is 48.5 Å². The summed E-state index contributed by atoms with van der Waals surface area (Å²) in [4.78, 5) is 18.9. The van der Waals surface area contributed by atoms with Gasteiger partial charge in [0, 0.05) is 39.3 Å². The van der Waals surface area contributed by atoms with Gasteiger partial charge >= 0.3 is 6.61 Å². The number of hydrogen-bond acceptors (Lipinski definition) is 4. The molecule has 162 valence electrons. The highest BCUT2D eigenvalue weighted by Gasteiger charge is 2.22. The third-order valence-corrected chi connectivity index (χ3v) is 5.39. The maximum Gasteiger partial charge on any atom is 0.387 e. The first-order valence-corrected chi connectivity index (χ1v) is 10.2. The fraction of sp³-hybridized carbons (Fsp3) is 0.435. The third kappa shape index (κ3) is 6.50. The molecule has 0 N–H and O–H groups in total. The molecule has 7 heteroatoms. The lowest BCUT2D eigenvalue weighted by atomic mass is 10.1. The van der Waals surface area contributed by atoms with Crippen molar-refractivity contribution in [3.63, 3.8) is 0 Å². The zero-order valence-electron chi connectivity index (χ0n) is 17.6. The van der Waals surface area contributed by atoms with E-state index in [2.05, 4.69) is 40.8 Å². The van der Waals surface area contributed by atoms with E-state index in [1.54, 1.807) is 12.1 Å². The maximum atomic E-state index is 12.7. The van der Waals surface area contributed by atoms with Crippen LogP contribution in [0.4, 0.5) is 8.78 Å². The number of ether oxygens (including phenoxy) is 1. The van der Waals surface area contributed by atoms with Crippen molar-refractivity contribution < 1.29 is 18.3 Å². The molecule has 1 amide bonds. The Hall–Kier alpha value is -2.51. The quantitative estimate of drug-likeness (QED) is 0.660. The van der Waals surface area contributed by atoms with Gasteiger partial charge in [0.15, 0.2) is 0 Å². The van der Waals surface area contributed by atoms with Crippen molar-refractivity contribution in [3.8, 4) is 5.75 Å². The largest absolute Gasteiger partial charge is 0.435 e. The number of likely N-dealkylation sites (N-methyl/N-ethyl adjacent to an activating group) is 1. The Labute approximate surface area is 176 Å². The van der Waals surface area contributed by atoms with E-state index in [1.165, 1.54) is 23.3 Å². The van der Waals surface area contributed by atoms with Crippen molar-refractivity contribution in [3.05, 3.63) is 65.2 Å². The Morgan fingerprint density at radius 1 is 1.07 bits per heavy atom. The Morgan fingerprint density at radius 2 is 1.73 bits per heavy atom. The summed E-state index contributed by atoms with van der Waals surface area (Å²) in [5.74, 6) is 0.252. The Kier molecular flexibility index (Phi) is 7.76. The van der Waals surface area contributed by atoms with Gasteiger partial charge in [0.1, 0.15) is 5.75 Å². The Morgan fingerprint density at radius 3 is 2.37 bits per heavy atom. The predicted molar refractivity (Wildman–Crippen MR) is 112 cm³/mol. The molecule has 0 saturated carbocycles. The summed E-state index contributed by atoms with van der Waals surface area (Å²) in [6.45, 7) is 4.32. The van der Waals surface area contributed by atoms with Crippen molar-refractivity contribution >= 4 is 5.91 Å². The van der Waals surface area contributed by atoms with Gasteiger partial charge in [-0.25, -0.2) is 0 Å². The Balaban J connectivity index is 1.42. The molecule has 0 bridgehead atoms. The number of piperazine rings is 1. The number of benzene rings is 2.